The topological polar surface area (TPSA) is 54.0 Å². The summed E-state index contributed by atoms with van der Waals surface area (Å²) < 4.78 is 19.4. The van der Waals surface area contributed by atoms with Crippen LogP contribution in [0.3, 0.4) is 0 Å². The SMILES string of the molecule is Cc1ccnc(C2CN(Cc3[nH]c4ccc(F)cc4c3C)CCO2)n1. The smallest absolute Gasteiger partial charge is 0.158 e. The van der Waals surface area contributed by atoms with E-state index < -0.39 is 0 Å². The quantitative estimate of drug-likeness (QED) is 0.795. The number of morpholine rings is 1. The summed E-state index contributed by atoms with van der Waals surface area (Å²) >= 11 is 0. The summed E-state index contributed by atoms with van der Waals surface area (Å²) in [5.74, 6) is 0.532. The van der Waals surface area contributed by atoms with Crippen LogP contribution in [0, 0.1) is 19.7 Å². The zero-order chi connectivity index (χ0) is 17.4. The Bertz CT molecular complexity index is 908. The highest BCUT2D eigenvalue weighted by Crippen LogP contribution is 2.26. The summed E-state index contributed by atoms with van der Waals surface area (Å²) in [6, 6.07) is 6.76. The van der Waals surface area contributed by atoms with Gasteiger partial charge in [0.25, 0.3) is 0 Å². The minimum absolute atomic E-state index is 0.115. The molecule has 130 valence electrons. The lowest BCUT2D eigenvalue weighted by Crippen LogP contribution is -2.38. The third-order valence-corrected chi connectivity index (χ3v) is 4.76. The van der Waals surface area contributed by atoms with Crippen molar-refractivity contribution in [1.82, 2.24) is 19.9 Å². The van der Waals surface area contributed by atoms with Crippen molar-refractivity contribution in [3.05, 3.63) is 59.1 Å². The van der Waals surface area contributed by atoms with E-state index in [9.17, 15) is 4.39 Å². The molecule has 4 rings (SSSR count). The fourth-order valence-electron chi connectivity index (χ4n) is 3.36. The van der Waals surface area contributed by atoms with Crippen LogP contribution in [0.5, 0.6) is 0 Å². The number of fused-ring (bicyclic) bond motifs is 1. The van der Waals surface area contributed by atoms with E-state index in [2.05, 4.69) is 19.9 Å². The largest absolute Gasteiger partial charge is 0.368 e. The van der Waals surface area contributed by atoms with Crippen LogP contribution in [-0.4, -0.2) is 39.5 Å². The Morgan fingerprint density at radius 3 is 3.04 bits per heavy atom. The maximum Gasteiger partial charge on any atom is 0.158 e. The summed E-state index contributed by atoms with van der Waals surface area (Å²) in [4.78, 5) is 14.6. The Morgan fingerprint density at radius 1 is 1.32 bits per heavy atom. The lowest BCUT2D eigenvalue weighted by molar-refractivity contribution is -0.0376. The van der Waals surface area contributed by atoms with Crippen LogP contribution in [0.4, 0.5) is 4.39 Å². The standard InChI is InChI=1S/C19H21FN4O/c1-12-5-6-21-19(22-12)18-11-24(7-8-25-18)10-17-13(2)15-9-14(20)3-4-16(15)23-17/h3-6,9,18,23H,7-8,10-11H2,1-2H3. The van der Waals surface area contributed by atoms with Crippen molar-refractivity contribution in [1.29, 1.82) is 0 Å². The van der Waals surface area contributed by atoms with Gasteiger partial charge < -0.3 is 9.72 Å². The monoisotopic (exact) mass is 340 g/mol. The van der Waals surface area contributed by atoms with E-state index in [0.29, 0.717) is 6.61 Å². The predicted molar refractivity (Wildman–Crippen MR) is 93.7 cm³/mol. The van der Waals surface area contributed by atoms with Gasteiger partial charge in [-0.25, -0.2) is 14.4 Å². The molecule has 1 atom stereocenters. The summed E-state index contributed by atoms with van der Waals surface area (Å²) in [5.41, 5.74) is 4.13. The molecule has 1 aliphatic heterocycles. The molecule has 6 heteroatoms. The van der Waals surface area contributed by atoms with Crippen LogP contribution in [0.15, 0.2) is 30.5 Å². The van der Waals surface area contributed by atoms with Crippen LogP contribution < -0.4 is 0 Å². The molecular weight excluding hydrogens is 319 g/mol. The second-order valence-electron chi connectivity index (χ2n) is 6.57. The number of halogens is 1. The number of benzene rings is 1. The van der Waals surface area contributed by atoms with Crippen LogP contribution >= 0.6 is 0 Å². The minimum atomic E-state index is -0.204. The average molecular weight is 340 g/mol. The Balaban J connectivity index is 1.54. The summed E-state index contributed by atoms with van der Waals surface area (Å²) in [6.45, 7) is 7.01. The van der Waals surface area contributed by atoms with Gasteiger partial charge in [0, 0.05) is 48.1 Å². The van der Waals surface area contributed by atoms with Crippen LogP contribution in [0.25, 0.3) is 10.9 Å². The van der Waals surface area contributed by atoms with Crippen molar-refractivity contribution in [3.8, 4) is 0 Å². The Labute approximate surface area is 145 Å². The molecule has 1 saturated heterocycles. The molecule has 5 nitrogen and oxygen atoms in total. The first-order chi connectivity index (χ1) is 12.1. The van der Waals surface area contributed by atoms with Gasteiger partial charge in [0.1, 0.15) is 11.9 Å². The number of aromatic nitrogens is 3. The van der Waals surface area contributed by atoms with E-state index in [1.165, 1.54) is 6.07 Å². The second-order valence-corrected chi connectivity index (χ2v) is 6.57. The molecule has 1 fully saturated rings. The van der Waals surface area contributed by atoms with Gasteiger partial charge in [-0.15, -0.1) is 0 Å². The van der Waals surface area contributed by atoms with Crippen molar-refractivity contribution >= 4 is 10.9 Å². The summed E-state index contributed by atoms with van der Waals surface area (Å²) in [5, 5.41) is 0.946. The van der Waals surface area contributed by atoms with Crippen LogP contribution in [0.1, 0.15) is 28.9 Å². The fourth-order valence-corrected chi connectivity index (χ4v) is 3.36. The fraction of sp³-hybridized carbons (Fsp3) is 0.368. The first-order valence-corrected chi connectivity index (χ1v) is 8.50. The molecule has 0 saturated carbocycles. The number of nitrogens with one attached hydrogen (secondary N) is 1. The van der Waals surface area contributed by atoms with Gasteiger partial charge in [-0.2, -0.15) is 0 Å². The Kier molecular flexibility index (Phi) is 4.23. The highest BCUT2D eigenvalue weighted by Gasteiger charge is 2.25. The van der Waals surface area contributed by atoms with E-state index in [1.807, 2.05) is 19.9 Å². The zero-order valence-corrected chi connectivity index (χ0v) is 14.4. The van der Waals surface area contributed by atoms with E-state index in [4.69, 9.17) is 4.74 Å². The average Bonchev–Trinajstić information content (AvgIpc) is 2.91. The molecule has 0 spiro atoms. The number of nitrogens with zero attached hydrogens (tertiary/aromatic N) is 3. The molecule has 0 amide bonds. The third-order valence-electron chi connectivity index (χ3n) is 4.76. The molecule has 1 unspecified atom stereocenters. The molecule has 25 heavy (non-hydrogen) atoms. The van der Waals surface area contributed by atoms with E-state index in [0.717, 1.165) is 53.3 Å². The van der Waals surface area contributed by atoms with Crippen molar-refractivity contribution in [3.63, 3.8) is 0 Å². The van der Waals surface area contributed by atoms with Crippen molar-refractivity contribution in [2.24, 2.45) is 0 Å². The molecule has 1 N–H and O–H groups in total. The van der Waals surface area contributed by atoms with Gasteiger partial charge in [0.05, 0.1) is 6.61 Å². The first-order valence-electron chi connectivity index (χ1n) is 8.50. The minimum Gasteiger partial charge on any atom is -0.368 e. The van der Waals surface area contributed by atoms with Crippen LogP contribution in [0.2, 0.25) is 0 Å². The number of aromatic amines is 1. The molecule has 3 heterocycles. The number of ether oxygens (including phenoxy) is 1. The normalized spacial score (nSPS) is 18.8. The van der Waals surface area contributed by atoms with Gasteiger partial charge in [0.15, 0.2) is 5.82 Å². The molecule has 1 aliphatic rings. The number of H-pyrrole nitrogens is 1. The van der Waals surface area contributed by atoms with E-state index in [1.54, 1.807) is 18.3 Å². The number of aryl methyl sites for hydroxylation is 2. The molecule has 0 bridgehead atoms. The summed E-state index contributed by atoms with van der Waals surface area (Å²) in [7, 11) is 0. The number of rotatable bonds is 3. The lowest BCUT2D eigenvalue weighted by Gasteiger charge is -2.32. The first kappa shape index (κ1) is 16.2. The second kappa shape index (κ2) is 6.54. The Hall–Kier alpha value is -2.31. The maximum absolute atomic E-state index is 13.5. The summed E-state index contributed by atoms with van der Waals surface area (Å²) in [6.07, 6.45) is 1.66. The highest BCUT2D eigenvalue weighted by atomic mass is 19.1. The van der Waals surface area contributed by atoms with Crippen LogP contribution in [-0.2, 0) is 11.3 Å². The van der Waals surface area contributed by atoms with Gasteiger partial charge in [-0.3, -0.25) is 4.90 Å². The van der Waals surface area contributed by atoms with Crippen molar-refractivity contribution in [2.75, 3.05) is 19.7 Å². The predicted octanol–water partition coefficient (Wildman–Crippen LogP) is 3.29. The molecule has 1 aromatic carbocycles. The maximum atomic E-state index is 13.5. The van der Waals surface area contributed by atoms with E-state index >= 15 is 0 Å². The highest BCUT2D eigenvalue weighted by molar-refractivity contribution is 5.84. The number of hydrogen-bond acceptors (Lipinski definition) is 4. The lowest BCUT2D eigenvalue weighted by atomic mass is 10.1. The van der Waals surface area contributed by atoms with E-state index in [-0.39, 0.29) is 11.9 Å². The molecule has 3 aromatic rings. The Morgan fingerprint density at radius 2 is 2.20 bits per heavy atom. The van der Waals surface area contributed by atoms with Crippen molar-refractivity contribution < 1.29 is 9.13 Å². The third kappa shape index (κ3) is 3.27. The van der Waals surface area contributed by atoms with Crippen molar-refractivity contribution in [2.45, 2.75) is 26.5 Å². The van der Waals surface area contributed by atoms with Gasteiger partial charge >= 0.3 is 0 Å². The molecule has 2 aromatic heterocycles. The number of hydrogen-bond donors (Lipinski definition) is 1. The molecule has 0 aliphatic carbocycles. The molecule has 0 radical (unpaired) electrons. The van der Waals surface area contributed by atoms with Gasteiger partial charge in [-0.1, -0.05) is 0 Å². The molecular formula is C19H21FN4O. The van der Waals surface area contributed by atoms with Gasteiger partial charge in [0.2, 0.25) is 0 Å². The zero-order valence-electron chi connectivity index (χ0n) is 14.4. The van der Waals surface area contributed by atoms with Gasteiger partial charge in [-0.05, 0) is 43.7 Å².